The van der Waals surface area contributed by atoms with Gasteiger partial charge in [0.25, 0.3) is 0 Å². The number of hydrogen-bond acceptors (Lipinski definition) is 1. The average molecular weight is 215 g/mol. The Morgan fingerprint density at radius 2 is 1.40 bits per heavy atom. The zero-order chi connectivity index (χ0) is 19.4. The highest BCUT2D eigenvalue weighted by atomic mass is 16.3. The van der Waals surface area contributed by atoms with Gasteiger partial charge in [-0.2, -0.15) is 0 Å². The van der Waals surface area contributed by atoms with Crippen molar-refractivity contribution in [2.75, 3.05) is 0 Å². The summed E-state index contributed by atoms with van der Waals surface area (Å²) >= 11 is 0. The Morgan fingerprint density at radius 1 is 0.933 bits per heavy atom. The van der Waals surface area contributed by atoms with Crippen molar-refractivity contribution >= 4 is 0 Å². The van der Waals surface area contributed by atoms with Crippen LogP contribution in [0, 0.1) is 0 Å². The number of aromatic hydroxyl groups is 1. The molecule has 1 nitrogen and oxygen atoms in total. The minimum Gasteiger partial charge on any atom is -0.508 e. The summed E-state index contributed by atoms with van der Waals surface area (Å²) in [6.45, 7) is -4.67. The standard InChI is InChI=1S/C14H22O/c1-13(2,3)10-7-11(14(4,5)6)9-12(15)8-10/h7-9,15H,1-6H3/i1D3,2D3,3D3. The Bertz CT molecular complexity index is 567. The summed E-state index contributed by atoms with van der Waals surface area (Å²) in [5.74, 6) is -0.375. The molecule has 0 radical (unpaired) electrons. The maximum Gasteiger partial charge on any atom is 0.116 e. The van der Waals surface area contributed by atoms with Crippen molar-refractivity contribution in [1.82, 2.24) is 0 Å². The van der Waals surface area contributed by atoms with E-state index in [0.29, 0.717) is 5.56 Å². The molecule has 0 aliphatic rings. The quantitative estimate of drug-likeness (QED) is 0.694. The Balaban J connectivity index is 3.99. The molecule has 84 valence electrons. The molecule has 0 heterocycles. The summed E-state index contributed by atoms with van der Waals surface area (Å²) in [6, 6.07) is 3.54. The summed E-state index contributed by atoms with van der Waals surface area (Å²) < 4.78 is 69.4. The first-order chi connectivity index (χ1) is 10.4. The van der Waals surface area contributed by atoms with E-state index in [0.717, 1.165) is 6.07 Å². The van der Waals surface area contributed by atoms with Crippen LogP contribution in [0.25, 0.3) is 0 Å². The Kier molecular flexibility index (Phi) is 1.06. The van der Waals surface area contributed by atoms with E-state index in [-0.39, 0.29) is 5.75 Å². The Morgan fingerprint density at radius 3 is 1.80 bits per heavy atom. The maximum absolute atomic E-state index is 9.97. The maximum atomic E-state index is 9.97. The zero-order valence-corrected chi connectivity index (χ0v) is 9.18. The van der Waals surface area contributed by atoms with Crippen LogP contribution < -0.4 is 0 Å². The molecule has 0 spiro atoms. The normalized spacial score (nSPS) is 24.3. The molecule has 1 aromatic rings. The third kappa shape index (κ3) is 2.98. The summed E-state index contributed by atoms with van der Waals surface area (Å²) in [5, 5.41) is 9.97. The van der Waals surface area contributed by atoms with Crippen LogP contribution in [0.2, 0.25) is 0 Å². The lowest BCUT2D eigenvalue weighted by Crippen LogP contribution is -2.15. The van der Waals surface area contributed by atoms with Crippen molar-refractivity contribution in [2.45, 2.75) is 52.2 Å². The highest BCUT2D eigenvalue weighted by Crippen LogP contribution is 2.32. The Hall–Kier alpha value is -0.980. The average Bonchev–Trinajstić information content (AvgIpc) is 2.20. The van der Waals surface area contributed by atoms with Gasteiger partial charge < -0.3 is 5.11 Å². The second-order valence-electron chi connectivity index (χ2n) is 4.77. The summed E-state index contributed by atoms with van der Waals surface area (Å²) in [4.78, 5) is 0. The lowest BCUT2D eigenvalue weighted by molar-refractivity contribution is 0.466. The van der Waals surface area contributed by atoms with E-state index < -0.39 is 36.9 Å². The molecular formula is C14H22O. The SMILES string of the molecule is [2H]C([2H])([2H])C(c1cc(O)cc(C(C)(C)C)c1)(C([2H])([2H])[2H])C([2H])([2H])[2H]. The van der Waals surface area contributed by atoms with Crippen molar-refractivity contribution in [3.8, 4) is 5.75 Å². The van der Waals surface area contributed by atoms with Crippen molar-refractivity contribution in [2.24, 2.45) is 0 Å². The highest BCUT2D eigenvalue weighted by Gasteiger charge is 2.20. The van der Waals surface area contributed by atoms with Gasteiger partial charge in [-0.3, -0.25) is 0 Å². The molecule has 0 saturated carbocycles. The summed E-state index contributed by atoms with van der Waals surface area (Å²) in [7, 11) is 0. The third-order valence-corrected chi connectivity index (χ3v) is 2.22. The third-order valence-electron chi connectivity index (χ3n) is 2.22. The van der Waals surface area contributed by atoms with Gasteiger partial charge in [0.15, 0.2) is 0 Å². The number of hydrogen-bond donors (Lipinski definition) is 1. The van der Waals surface area contributed by atoms with Crippen molar-refractivity contribution in [3.05, 3.63) is 29.3 Å². The van der Waals surface area contributed by atoms with Gasteiger partial charge in [0.2, 0.25) is 0 Å². The van der Waals surface area contributed by atoms with Crippen molar-refractivity contribution in [3.63, 3.8) is 0 Å². The van der Waals surface area contributed by atoms with Crippen LogP contribution in [0.3, 0.4) is 0 Å². The second-order valence-corrected chi connectivity index (χ2v) is 4.77. The van der Waals surface area contributed by atoms with E-state index in [9.17, 15) is 5.11 Å². The molecule has 1 heteroatoms. The van der Waals surface area contributed by atoms with Crippen LogP contribution in [0.15, 0.2) is 18.2 Å². The zero-order valence-electron chi connectivity index (χ0n) is 18.2. The molecule has 0 bridgehead atoms. The molecular weight excluding hydrogens is 184 g/mol. The number of rotatable bonds is 0. The molecule has 0 aliphatic carbocycles. The molecule has 1 N–H and O–H groups in total. The molecule has 0 amide bonds. The fourth-order valence-corrected chi connectivity index (χ4v) is 1.26. The van der Waals surface area contributed by atoms with Gasteiger partial charge in [-0.05, 0) is 34.1 Å². The largest absolute Gasteiger partial charge is 0.508 e. The van der Waals surface area contributed by atoms with Crippen molar-refractivity contribution < 1.29 is 17.4 Å². The van der Waals surface area contributed by atoms with Gasteiger partial charge >= 0.3 is 0 Å². The van der Waals surface area contributed by atoms with Crippen LogP contribution in [0.5, 0.6) is 5.75 Å². The second kappa shape index (κ2) is 3.55. The predicted molar refractivity (Wildman–Crippen MR) is 65.5 cm³/mol. The molecule has 0 saturated heterocycles. The van der Waals surface area contributed by atoms with Gasteiger partial charge in [0.1, 0.15) is 5.75 Å². The van der Waals surface area contributed by atoms with E-state index in [1.807, 2.05) is 0 Å². The number of benzene rings is 1. The van der Waals surface area contributed by atoms with Gasteiger partial charge in [0, 0.05) is 12.3 Å². The number of phenols is 1. The molecule has 1 aromatic carbocycles. The topological polar surface area (TPSA) is 20.2 Å². The first-order valence-corrected chi connectivity index (χ1v) is 4.71. The minimum atomic E-state index is -3.34. The lowest BCUT2D eigenvalue weighted by Gasteiger charge is -2.25. The molecule has 0 fully saturated rings. The van der Waals surface area contributed by atoms with Gasteiger partial charge in [0.05, 0.1) is 0 Å². The van der Waals surface area contributed by atoms with E-state index in [4.69, 9.17) is 12.3 Å². The van der Waals surface area contributed by atoms with Crippen LogP contribution in [-0.2, 0) is 10.8 Å². The molecule has 15 heavy (non-hydrogen) atoms. The lowest BCUT2D eigenvalue weighted by atomic mass is 9.80. The molecule has 0 aliphatic heterocycles. The van der Waals surface area contributed by atoms with Crippen LogP contribution >= 0.6 is 0 Å². The van der Waals surface area contributed by atoms with Crippen LogP contribution in [0.4, 0.5) is 0 Å². The Labute approximate surface area is 106 Å². The van der Waals surface area contributed by atoms with Gasteiger partial charge in [-0.1, -0.05) is 47.4 Å². The fourth-order valence-electron chi connectivity index (χ4n) is 1.26. The van der Waals surface area contributed by atoms with Crippen molar-refractivity contribution in [1.29, 1.82) is 0 Å². The molecule has 1 rings (SSSR count). The smallest absolute Gasteiger partial charge is 0.116 e. The first-order valence-electron chi connectivity index (χ1n) is 9.21. The van der Waals surface area contributed by atoms with E-state index in [1.165, 1.54) is 12.1 Å². The minimum absolute atomic E-state index is 0.375. The fraction of sp³-hybridized carbons (Fsp3) is 0.571. The predicted octanol–water partition coefficient (Wildman–Crippen LogP) is 3.99. The molecule has 0 unspecified atom stereocenters. The van der Waals surface area contributed by atoms with E-state index >= 15 is 0 Å². The van der Waals surface area contributed by atoms with Gasteiger partial charge in [-0.25, -0.2) is 0 Å². The van der Waals surface area contributed by atoms with E-state index in [1.54, 1.807) is 20.8 Å². The number of phenolic OH excluding ortho intramolecular Hbond substituents is 1. The first kappa shape index (κ1) is 4.48. The molecule has 0 aromatic heterocycles. The van der Waals surface area contributed by atoms with Crippen LogP contribution in [0.1, 0.15) is 64.8 Å². The van der Waals surface area contributed by atoms with Gasteiger partial charge in [-0.15, -0.1) is 0 Å². The monoisotopic (exact) mass is 215 g/mol. The van der Waals surface area contributed by atoms with Crippen LogP contribution in [-0.4, -0.2) is 5.11 Å². The highest BCUT2D eigenvalue weighted by molar-refractivity contribution is 5.39. The van der Waals surface area contributed by atoms with E-state index in [2.05, 4.69) is 0 Å². The summed E-state index contributed by atoms with van der Waals surface area (Å²) in [6.07, 6.45) is 0. The molecule has 0 atom stereocenters. The summed E-state index contributed by atoms with van der Waals surface area (Å²) in [5.41, 5.74) is -3.64.